The molecule has 1 saturated heterocycles. The van der Waals surface area contributed by atoms with Crippen LogP contribution in [-0.2, 0) is 38.9 Å². The molecule has 46 heavy (non-hydrogen) atoms. The quantitative estimate of drug-likeness (QED) is 0.200. The van der Waals surface area contributed by atoms with E-state index in [9.17, 15) is 44.4 Å². The van der Waals surface area contributed by atoms with E-state index < -0.39 is 77.7 Å². The van der Waals surface area contributed by atoms with Gasteiger partial charge in [0.25, 0.3) is 0 Å². The number of rotatable bonds is 12. The highest BCUT2D eigenvalue weighted by Crippen LogP contribution is 2.62. The first-order chi connectivity index (χ1) is 21.5. The molecule has 0 saturated carbocycles. The molecule has 0 unspecified atom stereocenters. The second kappa shape index (κ2) is 13.4. The number of likely N-dealkylation sites (tertiary alicyclic amines) is 1. The average Bonchev–Trinajstić information content (AvgIpc) is 3.36. The van der Waals surface area contributed by atoms with Crippen molar-refractivity contribution in [3.63, 3.8) is 0 Å². The van der Waals surface area contributed by atoms with Gasteiger partial charge in [-0.2, -0.15) is 0 Å². The van der Waals surface area contributed by atoms with Gasteiger partial charge in [0.05, 0.1) is 23.4 Å². The number of benzene rings is 1. The summed E-state index contributed by atoms with van der Waals surface area (Å²) < 4.78 is 17.1. The number of phenolic OH excluding ortho intramolecular Hbond substituents is 1. The van der Waals surface area contributed by atoms with E-state index in [1.54, 1.807) is 12.1 Å². The van der Waals surface area contributed by atoms with Crippen LogP contribution in [0.2, 0.25) is 0 Å². The number of fused-ring (bicyclic) bond motifs is 1. The van der Waals surface area contributed by atoms with E-state index >= 15 is 0 Å². The third-order valence-corrected chi connectivity index (χ3v) is 9.51. The van der Waals surface area contributed by atoms with Gasteiger partial charge in [0.2, 0.25) is 5.91 Å². The van der Waals surface area contributed by atoms with Crippen LogP contribution >= 0.6 is 0 Å². The molecule has 2 heterocycles. The molecular formula is C32H42N2O12. The van der Waals surface area contributed by atoms with Crippen molar-refractivity contribution in [2.45, 2.75) is 95.2 Å². The molecular weight excluding hydrogens is 604 g/mol. The number of aromatic hydroxyl groups is 1. The molecule has 0 bridgehead atoms. The van der Waals surface area contributed by atoms with Crippen molar-refractivity contribution >= 4 is 29.6 Å². The molecule has 0 aromatic heterocycles. The lowest BCUT2D eigenvalue weighted by molar-refractivity contribution is -0.169. The number of aliphatic carboxylic acids is 1. The van der Waals surface area contributed by atoms with E-state index in [2.05, 4.69) is 5.32 Å². The number of phenols is 1. The van der Waals surface area contributed by atoms with Crippen molar-refractivity contribution in [3.05, 3.63) is 35.1 Å². The highest BCUT2D eigenvalue weighted by Gasteiger charge is 2.69. The van der Waals surface area contributed by atoms with Crippen molar-refractivity contribution in [2.24, 2.45) is 5.92 Å². The Kier molecular flexibility index (Phi) is 10.1. The van der Waals surface area contributed by atoms with Crippen molar-refractivity contribution in [1.82, 2.24) is 10.2 Å². The molecule has 7 atom stereocenters. The van der Waals surface area contributed by atoms with Crippen LogP contribution < -0.4 is 10.1 Å². The fraction of sp³-hybridized carbons (Fsp3) is 0.594. The number of nitrogens with one attached hydrogen (secondary N) is 1. The SMILES string of the molecule is Cc1ccc(O)c2c1[C@]13CCN(C)[C@H](C)[C@]1(O)CC=C(OC(=O)C[C@H](CC(=O)CCNC(=O)[C@H](C)O)C(=O)O[C@@H](C)C(=O)O)[C@@H]3O2. The fourth-order valence-corrected chi connectivity index (χ4v) is 6.79. The number of aryl methyl sites for hydroxylation is 1. The Labute approximate surface area is 266 Å². The first kappa shape index (κ1) is 34.9. The predicted octanol–water partition coefficient (Wildman–Crippen LogP) is 0.854. The minimum Gasteiger partial charge on any atom is -0.504 e. The fourth-order valence-electron chi connectivity index (χ4n) is 6.79. The highest BCUT2D eigenvalue weighted by molar-refractivity contribution is 5.89. The second-order valence-electron chi connectivity index (χ2n) is 12.5. The van der Waals surface area contributed by atoms with Gasteiger partial charge < -0.3 is 44.9 Å². The van der Waals surface area contributed by atoms with Gasteiger partial charge in [-0.05, 0) is 65.4 Å². The number of aliphatic hydroxyl groups is 2. The Bertz CT molecular complexity index is 1440. The lowest BCUT2D eigenvalue weighted by atomic mass is 9.54. The number of carboxylic acid groups (broad SMARTS) is 1. The van der Waals surface area contributed by atoms with Gasteiger partial charge >= 0.3 is 17.9 Å². The molecule has 14 heteroatoms. The number of amides is 1. The molecule has 5 N–H and O–H groups in total. The number of likely N-dealkylation sites (N-methyl/N-ethyl adjacent to an activating group) is 1. The zero-order chi connectivity index (χ0) is 34.1. The number of ether oxygens (including phenoxy) is 3. The molecule has 3 aliphatic rings. The maximum absolute atomic E-state index is 13.4. The number of nitrogens with zero attached hydrogens (tertiary/aromatic N) is 1. The molecule has 0 radical (unpaired) electrons. The lowest BCUT2D eigenvalue weighted by Gasteiger charge is -2.58. The standard InChI is InChI=1S/C32H42N2O12/c1-16-6-7-22(37)26-25(16)31-11-13-34(5)19(4)32(31,43)10-8-23(27(31)46-26)45-24(38)15-20(30(42)44-18(3)29(40)41)14-21(36)9-12-33-28(39)17(2)35/h6-8,17-20,27,35,37,43H,9-15H2,1-5H3,(H,33,39)(H,40,41)/t17-,18-,19+,20-,27-,31-,32+/m0/s1. The number of hydrogen-bond acceptors (Lipinski definition) is 12. The van der Waals surface area contributed by atoms with Crippen molar-refractivity contribution in [3.8, 4) is 11.5 Å². The van der Waals surface area contributed by atoms with Crippen LogP contribution in [0.1, 0.15) is 64.0 Å². The molecule has 2 aliphatic heterocycles. The third-order valence-electron chi connectivity index (χ3n) is 9.51. The predicted molar refractivity (Wildman–Crippen MR) is 160 cm³/mol. The lowest BCUT2D eigenvalue weighted by Crippen LogP contribution is -2.71. The van der Waals surface area contributed by atoms with Gasteiger partial charge in [-0.25, -0.2) is 4.79 Å². The monoisotopic (exact) mass is 646 g/mol. The third kappa shape index (κ3) is 6.33. The van der Waals surface area contributed by atoms with Crippen LogP contribution in [-0.4, -0.2) is 105 Å². The number of esters is 2. The molecule has 252 valence electrons. The topological polar surface area (TPSA) is 209 Å². The summed E-state index contributed by atoms with van der Waals surface area (Å²) in [6, 6.07) is 2.90. The van der Waals surface area contributed by atoms with Gasteiger partial charge in [-0.3, -0.25) is 19.2 Å². The number of carbonyl (C=O) groups excluding carboxylic acids is 4. The zero-order valence-corrected chi connectivity index (χ0v) is 26.6. The van der Waals surface area contributed by atoms with Crippen LogP contribution in [0.3, 0.4) is 0 Å². The molecule has 1 fully saturated rings. The maximum atomic E-state index is 13.4. The summed E-state index contributed by atoms with van der Waals surface area (Å²) >= 11 is 0. The summed E-state index contributed by atoms with van der Waals surface area (Å²) in [5.41, 5.74) is -1.02. The first-order valence-corrected chi connectivity index (χ1v) is 15.3. The van der Waals surface area contributed by atoms with Crippen molar-refractivity contribution < 1.29 is 58.6 Å². The number of piperidine rings is 1. The molecule has 1 aliphatic carbocycles. The zero-order valence-electron chi connectivity index (χ0n) is 26.6. The molecule has 1 amide bonds. The van der Waals surface area contributed by atoms with Gasteiger partial charge in [-0.15, -0.1) is 0 Å². The minimum atomic E-state index is -1.54. The van der Waals surface area contributed by atoms with Gasteiger partial charge in [-0.1, -0.05) is 6.07 Å². The van der Waals surface area contributed by atoms with E-state index in [0.29, 0.717) is 18.5 Å². The number of hydrogen-bond donors (Lipinski definition) is 5. The van der Waals surface area contributed by atoms with Crippen LogP contribution in [0, 0.1) is 12.8 Å². The van der Waals surface area contributed by atoms with E-state index in [0.717, 1.165) is 12.5 Å². The molecule has 4 rings (SSSR count). The van der Waals surface area contributed by atoms with Gasteiger partial charge in [0.15, 0.2) is 23.7 Å². The van der Waals surface area contributed by atoms with Gasteiger partial charge in [0.1, 0.15) is 17.6 Å². The molecule has 1 spiro atoms. The van der Waals surface area contributed by atoms with E-state index in [1.165, 1.54) is 13.0 Å². The van der Waals surface area contributed by atoms with Crippen LogP contribution in [0.15, 0.2) is 24.0 Å². The molecule has 14 nitrogen and oxygen atoms in total. The Morgan fingerprint density at radius 2 is 1.87 bits per heavy atom. The highest BCUT2D eigenvalue weighted by atomic mass is 16.6. The van der Waals surface area contributed by atoms with E-state index in [-0.39, 0.29) is 42.7 Å². The summed E-state index contributed by atoms with van der Waals surface area (Å²) in [6.07, 6.45) is -3.12. The number of carboxylic acids is 1. The number of Topliss-reactive ketones (excluding diaryl/α,β-unsaturated/α-hetero) is 1. The summed E-state index contributed by atoms with van der Waals surface area (Å²) in [5.74, 6) is -5.89. The maximum Gasteiger partial charge on any atom is 0.344 e. The largest absolute Gasteiger partial charge is 0.504 e. The number of ketones is 1. The summed E-state index contributed by atoms with van der Waals surface area (Å²) in [4.78, 5) is 64.0. The number of carbonyl (C=O) groups is 5. The smallest absolute Gasteiger partial charge is 0.344 e. The van der Waals surface area contributed by atoms with E-state index in [4.69, 9.17) is 14.2 Å². The minimum absolute atomic E-state index is 0.0830. The Morgan fingerprint density at radius 3 is 2.52 bits per heavy atom. The normalized spacial score (nSPS) is 27.0. The van der Waals surface area contributed by atoms with Crippen LogP contribution in [0.5, 0.6) is 11.5 Å². The second-order valence-corrected chi connectivity index (χ2v) is 12.5. The van der Waals surface area contributed by atoms with E-state index in [1.807, 2.05) is 25.8 Å². The Balaban J connectivity index is 1.57. The van der Waals surface area contributed by atoms with Crippen LogP contribution in [0.25, 0.3) is 0 Å². The molecule has 1 aromatic carbocycles. The van der Waals surface area contributed by atoms with Crippen LogP contribution in [0.4, 0.5) is 0 Å². The molecule has 1 aromatic rings. The summed E-state index contributed by atoms with van der Waals surface area (Å²) in [7, 11) is 1.91. The Hall–Kier alpha value is -4.01. The van der Waals surface area contributed by atoms with Gasteiger partial charge in [0, 0.05) is 37.4 Å². The number of aliphatic hydroxyl groups excluding tert-OH is 1. The van der Waals surface area contributed by atoms with Crippen molar-refractivity contribution in [1.29, 1.82) is 0 Å². The average molecular weight is 647 g/mol. The van der Waals surface area contributed by atoms with Crippen molar-refractivity contribution in [2.75, 3.05) is 20.1 Å². The Morgan fingerprint density at radius 1 is 1.17 bits per heavy atom. The first-order valence-electron chi connectivity index (χ1n) is 15.3. The summed E-state index contributed by atoms with van der Waals surface area (Å²) in [6.45, 7) is 6.60. The summed E-state index contributed by atoms with van der Waals surface area (Å²) in [5, 5.41) is 43.9.